The number of rotatable bonds is 5. The van der Waals surface area contributed by atoms with Crippen LogP contribution in [-0.2, 0) is 17.0 Å². The summed E-state index contributed by atoms with van der Waals surface area (Å²) in [5.41, 5.74) is -0.170. The van der Waals surface area contributed by atoms with Gasteiger partial charge in [-0.15, -0.1) is 0 Å². The van der Waals surface area contributed by atoms with Crippen LogP contribution in [0.1, 0.15) is 24.1 Å². The smallest absolute Gasteiger partial charge is 0.312 e. The van der Waals surface area contributed by atoms with E-state index in [-0.39, 0.29) is 6.04 Å². The molecule has 1 aromatic rings. The molecule has 0 aliphatic heterocycles. The van der Waals surface area contributed by atoms with E-state index in [9.17, 15) is 17.4 Å². The van der Waals surface area contributed by atoms with E-state index in [1.807, 2.05) is 0 Å². The summed E-state index contributed by atoms with van der Waals surface area (Å²) >= 11 is 0. The molecule has 2 atom stereocenters. The molecule has 0 aliphatic carbocycles. The molecule has 0 saturated heterocycles. The quantitative estimate of drug-likeness (QED) is 0.898. The summed E-state index contributed by atoms with van der Waals surface area (Å²) in [5.74, 6) is 0.811. The average Bonchev–Trinajstić information content (AvgIpc) is 2.34. The minimum Gasteiger partial charge on any atom is -0.312 e. The van der Waals surface area contributed by atoms with Gasteiger partial charge in [0.1, 0.15) is 0 Å². The highest BCUT2D eigenvalue weighted by atomic mass is 32.2. The average molecular weight is 279 g/mol. The lowest BCUT2D eigenvalue weighted by atomic mass is 10.1. The Labute approximate surface area is 107 Å². The third-order valence-electron chi connectivity index (χ3n) is 2.64. The van der Waals surface area contributed by atoms with E-state index >= 15 is 0 Å². The zero-order valence-electron chi connectivity index (χ0n) is 10.3. The van der Waals surface area contributed by atoms with Gasteiger partial charge in [-0.1, -0.05) is 19.1 Å². The van der Waals surface area contributed by atoms with Crippen LogP contribution in [0.3, 0.4) is 0 Å². The maximum atomic E-state index is 12.6. The fraction of sp³-hybridized carbons (Fsp3) is 0.500. The Bertz CT molecular complexity index is 420. The number of hydrogen-bond acceptors (Lipinski definition) is 2. The van der Waals surface area contributed by atoms with Gasteiger partial charge in [-0.3, -0.25) is 4.21 Å². The largest absolute Gasteiger partial charge is 0.416 e. The Morgan fingerprint density at radius 3 is 2.56 bits per heavy atom. The molecule has 0 aliphatic rings. The molecule has 18 heavy (non-hydrogen) atoms. The summed E-state index contributed by atoms with van der Waals surface area (Å²) < 4.78 is 49.2. The normalized spacial score (nSPS) is 15.4. The minimum atomic E-state index is -4.35. The highest BCUT2D eigenvalue weighted by molar-refractivity contribution is 7.84. The van der Waals surface area contributed by atoms with Crippen molar-refractivity contribution in [2.24, 2.45) is 0 Å². The van der Waals surface area contributed by atoms with Crippen molar-refractivity contribution in [1.82, 2.24) is 5.32 Å². The molecular weight excluding hydrogens is 263 g/mol. The van der Waals surface area contributed by atoms with E-state index in [2.05, 4.69) is 5.32 Å². The van der Waals surface area contributed by atoms with Crippen molar-refractivity contribution in [3.8, 4) is 0 Å². The number of nitrogens with one attached hydrogen (secondary N) is 1. The predicted octanol–water partition coefficient (Wildman–Crippen LogP) is 2.73. The van der Waals surface area contributed by atoms with Gasteiger partial charge in [-0.25, -0.2) is 0 Å². The van der Waals surface area contributed by atoms with Gasteiger partial charge in [0.15, 0.2) is 0 Å². The number of benzene rings is 1. The van der Waals surface area contributed by atoms with Crippen molar-refractivity contribution >= 4 is 10.8 Å². The summed E-state index contributed by atoms with van der Waals surface area (Å²) in [7, 11) is 0.622. The van der Waals surface area contributed by atoms with Crippen LogP contribution < -0.4 is 5.32 Å². The topological polar surface area (TPSA) is 29.1 Å². The van der Waals surface area contributed by atoms with Crippen molar-refractivity contribution < 1.29 is 17.4 Å². The molecule has 0 fully saturated rings. The van der Waals surface area contributed by atoms with Crippen LogP contribution >= 0.6 is 0 Å². The van der Waals surface area contributed by atoms with Crippen LogP contribution in [0.15, 0.2) is 24.3 Å². The Morgan fingerprint density at radius 1 is 1.39 bits per heavy atom. The molecule has 1 aromatic carbocycles. The van der Waals surface area contributed by atoms with Crippen molar-refractivity contribution in [3.63, 3.8) is 0 Å². The van der Waals surface area contributed by atoms with Crippen LogP contribution in [0.25, 0.3) is 0 Å². The second-order valence-corrected chi connectivity index (χ2v) is 5.65. The lowest BCUT2D eigenvalue weighted by Crippen LogP contribution is -2.23. The maximum absolute atomic E-state index is 12.6. The first-order chi connectivity index (χ1) is 8.38. The molecule has 0 saturated carbocycles. The molecule has 0 amide bonds. The van der Waals surface area contributed by atoms with Crippen molar-refractivity contribution in [1.29, 1.82) is 0 Å². The summed E-state index contributed by atoms with van der Waals surface area (Å²) in [4.78, 5) is 0. The van der Waals surface area contributed by atoms with Gasteiger partial charge in [0.05, 0.1) is 5.56 Å². The monoisotopic (exact) mass is 279 g/mol. The van der Waals surface area contributed by atoms with Crippen LogP contribution in [-0.4, -0.2) is 22.8 Å². The van der Waals surface area contributed by atoms with Crippen molar-refractivity contribution in [3.05, 3.63) is 35.4 Å². The SMILES string of the molecule is CCS(=O)CC(NC)c1cccc(C(F)(F)F)c1. The minimum absolute atomic E-state index is 0.314. The molecule has 0 aromatic heterocycles. The first kappa shape index (κ1) is 15.2. The standard InChI is InChI=1S/C12H16F3NOS/c1-3-18(17)8-11(16-2)9-5-4-6-10(7-9)12(13,14)15/h4-7,11,16H,3,8H2,1-2H3. The summed E-state index contributed by atoms with van der Waals surface area (Å²) in [6, 6.07) is 4.80. The van der Waals surface area contributed by atoms with Crippen LogP contribution in [0.4, 0.5) is 13.2 Å². The Morgan fingerprint density at radius 2 is 2.06 bits per heavy atom. The number of hydrogen-bond donors (Lipinski definition) is 1. The van der Waals surface area contributed by atoms with Gasteiger partial charge in [0.2, 0.25) is 0 Å². The van der Waals surface area contributed by atoms with Gasteiger partial charge in [-0.2, -0.15) is 13.2 Å². The van der Waals surface area contributed by atoms with Gasteiger partial charge in [0.25, 0.3) is 0 Å². The zero-order valence-corrected chi connectivity index (χ0v) is 11.1. The molecule has 2 nitrogen and oxygen atoms in total. The van der Waals surface area contributed by atoms with E-state index < -0.39 is 22.5 Å². The summed E-state index contributed by atoms with van der Waals surface area (Å²) in [6.07, 6.45) is -4.35. The van der Waals surface area contributed by atoms with Crippen LogP contribution in [0, 0.1) is 0 Å². The molecule has 0 heterocycles. The van der Waals surface area contributed by atoms with Crippen LogP contribution in [0.5, 0.6) is 0 Å². The first-order valence-corrected chi connectivity index (χ1v) is 7.06. The predicted molar refractivity (Wildman–Crippen MR) is 66.8 cm³/mol. The highest BCUT2D eigenvalue weighted by Gasteiger charge is 2.30. The van der Waals surface area contributed by atoms with Gasteiger partial charge in [0, 0.05) is 28.3 Å². The molecule has 0 radical (unpaired) electrons. The van der Waals surface area contributed by atoms with Gasteiger partial charge >= 0.3 is 6.18 Å². The maximum Gasteiger partial charge on any atom is 0.416 e. The molecule has 1 rings (SSSR count). The number of halogens is 3. The lowest BCUT2D eigenvalue weighted by Gasteiger charge is -2.17. The molecule has 2 unspecified atom stereocenters. The Kier molecular flexibility index (Phi) is 5.34. The van der Waals surface area contributed by atoms with E-state index in [4.69, 9.17) is 0 Å². The lowest BCUT2D eigenvalue weighted by molar-refractivity contribution is -0.137. The third kappa shape index (κ3) is 4.10. The Hall–Kier alpha value is -0.880. The third-order valence-corrected chi connectivity index (χ3v) is 3.99. The summed E-state index contributed by atoms with van der Waals surface area (Å²) in [6.45, 7) is 1.79. The molecule has 6 heteroatoms. The molecule has 0 spiro atoms. The van der Waals surface area contributed by atoms with E-state index in [0.717, 1.165) is 12.1 Å². The number of alkyl halides is 3. The van der Waals surface area contributed by atoms with Crippen molar-refractivity contribution in [2.75, 3.05) is 18.6 Å². The first-order valence-electron chi connectivity index (χ1n) is 5.58. The van der Waals surface area contributed by atoms with Crippen LogP contribution in [0.2, 0.25) is 0 Å². The van der Waals surface area contributed by atoms with E-state index in [0.29, 0.717) is 17.1 Å². The second-order valence-electron chi connectivity index (χ2n) is 3.86. The zero-order chi connectivity index (χ0) is 13.8. The molecule has 102 valence electrons. The molecule has 1 N–H and O–H groups in total. The van der Waals surface area contributed by atoms with Gasteiger partial charge in [-0.05, 0) is 24.7 Å². The fourth-order valence-electron chi connectivity index (χ4n) is 1.58. The summed E-state index contributed by atoms with van der Waals surface area (Å²) in [5, 5.41) is 2.90. The van der Waals surface area contributed by atoms with E-state index in [1.54, 1.807) is 20.0 Å². The molecule has 0 bridgehead atoms. The van der Waals surface area contributed by atoms with Crippen molar-refractivity contribution in [2.45, 2.75) is 19.1 Å². The highest BCUT2D eigenvalue weighted by Crippen LogP contribution is 2.30. The van der Waals surface area contributed by atoms with E-state index in [1.165, 1.54) is 6.07 Å². The molecular formula is C12H16F3NOS. The Balaban J connectivity index is 2.96. The fourth-order valence-corrected chi connectivity index (χ4v) is 2.55. The van der Waals surface area contributed by atoms with Gasteiger partial charge < -0.3 is 5.32 Å². The second kappa shape index (κ2) is 6.33.